The van der Waals surface area contributed by atoms with Crippen LogP contribution in [0.15, 0.2) is 29.2 Å². The van der Waals surface area contributed by atoms with Gasteiger partial charge in [0.25, 0.3) is 5.91 Å². The number of nitrogens with one attached hydrogen (secondary N) is 1. The second-order valence-corrected chi connectivity index (χ2v) is 6.12. The number of anilines is 1. The molecule has 0 unspecified atom stereocenters. The number of amides is 2. The molecule has 0 aliphatic carbocycles. The quantitative estimate of drug-likeness (QED) is 0.870. The van der Waals surface area contributed by atoms with E-state index in [0.29, 0.717) is 25.8 Å². The summed E-state index contributed by atoms with van der Waals surface area (Å²) in [6, 6.07) is 7.92. The molecule has 1 N–H and O–H groups in total. The zero-order chi connectivity index (χ0) is 15.5. The smallest absolute Gasteiger partial charge is 0.252 e. The molecular formula is C16H22N2O2S. The van der Waals surface area contributed by atoms with Crippen LogP contribution in [-0.2, 0) is 9.59 Å². The molecule has 0 aromatic heterocycles. The molecule has 0 bridgehead atoms. The first kappa shape index (κ1) is 15.9. The molecule has 4 nitrogen and oxygen atoms in total. The van der Waals surface area contributed by atoms with Gasteiger partial charge in [0.15, 0.2) is 0 Å². The van der Waals surface area contributed by atoms with Crippen molar-refractivity contribution < 1.29 is 9.59 Å². The fourth-order valence-electron chi connectivity index (χ4n) is 2.69. The van der Waals surface area contributed by atoms with Gasteiger partial charge in [0, 0.05) is 23.5 Å². The molecule has 0 radical (unpaired) electrons. The van der Waals surface area contributed by atoms with E-state index in [1.54, 1.807) is 16.7 Å². The lowest BCUT2D eigenvalue weighted by Crippen LogP contribution is -2.56. The predicted octanol–water partition coefficient (Wildman–Crippen LogP) is 2.82. The van der Waals surface area contributed by atoms with Gasteiger partial charge in [0.2, 0.25) is 5.91 Å². The van der Waals surface area contributed by atoms with Crippen molar-refractivity contribution in [2.45, 2.75) is 43.5 Å². The van der Waals surface area contributed by atoms with Crippen LogP contribution in [0.4, 0.5) is 5.69 Å². The predicted molar refractivity (Wildman–Crippen MR) is 86.6 cm³/mol. The summed E-state index contributed by atoms with van der Waals surface area (Å²) < 4.78 is 0. The average molecular weight is 306 g/mol. The van der Waals surface area contributed by atoms with Gasteiger partial charge in [-0.3, -0.25) is 9.59 Å². The Morgan fingerprint density at radius 1 is 1.19 bits per heavy atom. The van der Waals surface area contributed by atoms with Gasteiger partial charge < -0.3 is 10.2 Å². The van der Waals surface area contributed by atoms with Crippen LogP contribution in [-0.4, -0.2) is 30.2 Å². The van der Waals surface area contributed by atoms with E-state index < -0.39 is 5.54 Å². The van der Waals surface area contributed by atoms with Crippen molar-refractivity contribution in [3.05, 3.63) is 24.3 Å². The van der Waals surface area contributed by atoms with E-state index in [-0.39, 0.29) is 11.8 Å². The van der Waals surface area contributed by atoms with Crippen molar-refractivity contribution in [2.75, 3.05) is 17.7 Å². The van der Waals surface area contributed by atoms with Gasteiger partial charge in [-0.15, -0.1) is 11.8 Å². The van der Waals surface area contributed by atoms with Gasteiger partial charge in [0.05, 0.1) is 0 Å². The highest BCUT2D eigenvalue weighted by Crippen LogP contribution is 2.27. The van der Waals surface area contributed by atoms with Gasteiger partial charge in [-0.25, -0.2) is 0 Å². The molecule has 1 aliphatic heterocycles. The summed E-state index contributed by atoms with van der Waals surface area (Å²) in [4.78, 5) is 27.8. The third-order valence-electron chi connectivity index (χ3n) is 4.19. The fourth-order valence-corrected chi connectivity index (χ4v) is 3.10. The minimum atomic E-state index is -0.772. The molecular weight excluding hydrogens is 284 g/mol. The maximum absolute atomic E-state index is 12.9. The van der Waals surface area contributed by atoms with Crippen molar-refractivity contribution in [2.24, 2.45) is 0 Å². The Morgan fingerprint density at radius 3 is 2.33 bits per heavy atom. The first-order valence-corrected chi connectivity index (χ1v) is 8.56. The lowest BCUT2D eigenvalue weighted by Gasteiger charge is -2.33. The number of thioether (sulfide) groups is 1. The molecule has 1 aromatic rings. The number of hydrogen-bond donors (Lipinski definition) is 1. The summed E-state index contributed by atoms with van der Waals surface area (Å²) in [5.41, 5.74) is 0.0896. The highest BCUT2D eigenvalue weighted by atomic mass is 32.2. The molecule has 0 saturated carbocycles. The fraction of sp³-hybridized carbons (Fsp3) is 0.500. The van der Waals surface area contributed by atoms with E-state index in [1.807, 2.05) is 44.4 Å². The molecule has 1 saturated heterocycles. The van der Waals surface area contributed by atoms with Crippen molar-refractivity contribution in [3.63, 3.8) is 0 Å². The van der Waals surface area contributed by atoms with E-state index >= 15 is 0 Å². The summed E-state index contributed by atoms with van der Waals surface area (Å²) in [6.07, 6.45) is 3.58. The number of carbonyl (C=O) groups excluding carboxylic acids is 2. The van der Waals surface area contributed by atoms with Crippen LogP contribution < -0.4 is 10.2 Å². The van der Waals surface area contributed by atoms with Crippen molar-refractivity contribution >= 4 is 29.3 Å². The average Bonchev–Trinajstić information content (AvgIpc) is 2.65. The Morgan fingerprint density at radius 2 is 1.81 bits per heavy atom. The minimum Gasteiger partial charge on any atom is -0.342 e. The molecule has 2 rings (SSSR count). The van der Waals surface area contributed by atoms with Gasteiger partial charge in [-0.2, -0.15) is 0 Å². The van der Waals surface area contributed by atoms with Crippen LogP contribution in [0.3, 0.4) is 0 Å². The van der Waals surface area contributed by atoms with Gasteiger partial charge in [-0.05, 0) is 43.4 Å². The first-order chi connectivity index (χ1) is 10.1. The lowest BCUT2D eigenvalue weighted by atomic mass is 9.91. The molecule has 2 amide bonds. The molecule has 114 valence electrons. The monoisotopic (exact) mass is 306 g/mol. The van der Waals surface area contributed by atoms with Crippen LogP contribution in [0, 0.1) is 0 Å². The Kier molecular flexibility index (Phi) is 4.93. The third kappa shape index (κ3) is 3.07. The number of rotatable bonds is 4. The Bertz CT molecular complexity index is 524. The SMILES string of the molecule is CCC1(CC)NC(=O)CCN(c2ccc(SC)cc2)C1=O. The lowest BCUT2D eigenvalue weighted by molar-refractivity contribution is -0.130. The summed E-state index contributed by atoms with van der Waals surface area (Å²) >= 11 is 1.67. The molecule has 1 fully saturated rings. The van der Waals surface area contributed by atoms with E-state index in [0.717, 1.165) is 10.6 Å². The second-order valence-electron chi connectivity index (χ2n) is 5.24. The summed E-state index contributed by atoms with van der Waals surface area (Å²) in [7, 11) is 0. The molecule has 1 heterocycles. The normalized spacial score (nSPS) is 18.3. The summed E-state index contributed by atoms with van der Waals surface area (Å²) in [5.74, 6) is -0.0504. The largest absolute Gasteiger partial charge is 0.342 e. The van der Waals surface area contributed by atoms with Crippen molar-refractivity contribution in [3.8, 4) is 0 Å². The van der Waals surface area contributed by atoms with E-state index in [9.17, 15) is 9.59 Å². The van der Waals surface area contributed by atoms with Crippen LogP contribution in [0.5, 0.6) is 0 Å². The van der Waals surface area contributed by atoms with E-state index in [2.05, 4.69) is 5.32 Å². The molecule has 0 atom stereocenters. The minimum absolute atomic E-state index is 0.00440. The van der Waals surface area contributed by atoms with Crippen LogP contribution in [0.2, 0.25) is 0 Å². The number of nitrogens with zero attached hydrogens (tertiary/aromatic N) is 1. The number of benzene rings is 1. The molecule has 1 aromatic carbocycles. The second kappa shape index (κ2) is 6.52. The number of carbonyl (C=O) groups is 2. The summed E-state index contributed by atoms with van der Waals surface area (Å²) in [6.45, 7) is 4.33. The maximum atomic E-state index is 12.9. The van der Waals surface area contributed by atoms with Crippen LogP contribution >= 0.6 is 11.8 Å². The summed E-state index contributed by atoms with van der Waals surface area (Å²) in [5, 5.41) is 2.93. The standard InChI is InChI=1S/C16H22N2O2S/c1-4-16(5-2)15(20)18(11-10-14(19)17-16)12-6-8-13(21-3)9-7-12/h6-9H,4-5,10-11H2,1-3H3,(H,17,19). The van der Waals surface area contributed by atoms with E-state index in [4.69, 9.17) is 0 Å². The van der Waals surface area contributed by atoms with Gasteiger partial charge in [-0.1, -0.05) is 13.8 Å². The van der Waals surface area contributed by atoms with Gasteiger partial charge >= 0.3 is 0 Å². The Labute approximate surface area is 130 Å². The highest BCUT2D eigenvalue weighted by Gasteiger charge is 2.42. The molecule has 1 aliphatic rings. The third-order valence-corrected chi connectivity index (χ3v) is 4.93. The maximum Gasteiger partial charge on any atom is 0.252 e. The Hall–Kier alpha value is -1.49. The van der Waals surface area contributed by atoms with Crippen LogP contribution in [0.1, 0.15) is 33.1 Å². The van der Waals surface area contributed by atoms with Gasteiger partial charge in [0.1, 0.15) is 5.54 Å². The molecule has 21 heavy (non-hydrogen) atoms. The zero-order valence-electron chi connectivity index (χ0n) is 12.8. The Balaban J connectivity index is 2.36. The van der Waals surface area contributed by atoms with Crippen LogP contribution in [0.25, 0.3) is 0 Å². The zero-order valence-corrected chi connectivity index (χ0v) is 13.6. The molecule has 5 heteroatoms. The highest BCUT2D eigenvalue weighted by molar-refractivity contribution is 7.98. The number of hydrogen-bond acceptors (Lipinski definition) is 3. The topological polar surface area (TPSA) is 49.4 Å². The van der Waals surface area contributed by atoms with Crippen molar-refractivity contribution in [1.82, 2.24) is 5.32 Å². The molecule has 0 spiro atoms. The van der Waals surface area contributed by atoms with E-state index in [1.165, 1.54) is 0 Å². The van der Waals surface area contributed by atoms with Crippen molar-refractivity contribution in [1.29, 1.82) is 0 Å². The first-order valence-electron chi connectivity index (χ1n) is 7.33.